The number of carbonyl (C=O) groups is 1. The fourth-order valence-electron chi connectivity index (χ4n) is 1.24. The summed E-state index contributed by atoms with van der Waals surface area (Å²) in [7, 11) is 0. The van der Waals surface area contributed by atoms with E-state index in [0.717, 1.165) is 0 Å². The van der Waals surface area contributed by atoms with Gasteiger partial charge in [-0.1, -0.05) is 11.6 Å². The van der Waals surface area contributed by atoms with Gasteiger partial charge in [0, 0.05) is 11.8 Å². The minimum absolute atomic E-state index is 0.0150. The van der Waals surface area contributed by atoms with Crippen molar-refractivity contribution in [3.8, 4) is 0 Å². The highest BCUT2D eigenvalue weighted by molar-refractivity contribution is 6.30. The summed E-state index contributed by atoms with van der Waals surface area (Å²) in [5.74, 6) is -1.71. The number of nitrogens with one attached hydrogen (secondary N) is 1. The highest BCUT2D eigenvalue weighted by Crippen LogP contribution is 2.23. The van der Waals surface area contributed by atoms with Crippen LogP contribution in [0.25, 0.3) is 0 Å². The monoisotopic (exact) mass is 255 g/mol. The number of rotatable bonds is 3. The average molecular weight is 256 g/mol. The topological polar surface area (TPSA) is 62.5 Å². The first-order chi connectivity index (χ1) is 8.06. The number of halogens is 2. The summed E-state index contributed by atoms with van der Waals surface area (Å²) in [6.07, 6.45) is 0. The highest BCUT2D eigenvalue weighted by Gasteiger charge is 2.09. The van der Waals surface area contributed by atoms with Gasteiger partial charge in [0.2, 0.25) is 5.76 Å². The molecule has 4 nitrogen and oxygen atoms in total. The van der Waals surface area contributed by atoms with Crippen molar-refractivity contribution in [1.82, 2.24) is 0 Å². The Balaban J connectivity index is 2.19. The first-order valence-electron chi connectivity index (χ1n) is 4.61. The molecule has 0 radical (unpaired) electrons. The molecule has 0 aliphatic carbocycles. The molecule has 0 bridgehead atoms. The summed E-state index contributed by atoms with van der Waals surface area (Å²) in [4.78, 5) is 10.6. The number of carboxylic acid groups (broad SMARTS) is 1. The van der Waals surface area contributed by atoms with E-state index in [2.05, 4.69) is 5.32 Å². The Kier molecular flexibility index (Phi) is 3.01. The number of hydrogen-bond donors (Lipinski definition) is 2. The molecule has 1 aromatic heterocycles. The van der Waals surface area contributed by atoms with Crippen LogP contribution in [0.3, 0.4) is 0 Å². The molecule has 1 aromatic carbocycles. The molecule has 0 amide bonds. The molecule has 88 valence electrons. The molecule has 0 fully saturated rings. The minimum Gasteiger partial charge on any atom is -0.475 e. The highest BCUT2D eigenvalue weighted by atomic mass is 35.5. The van der Waals surface area contributed by atoms with Gasteiger partial charge in [-0.3, -0.25) is 0 Å². The lowest BCUT2D eigenvalue weighted by Gasteiger charge is -2.03. The molecule has 0 atom stereocenters. The van der Waals surface area contributed by atoms with Crippen molar-refractivity contribution in [2.24, 2.45) is 0 Å². The predicted octanol–water partition coefficient (Wildman–Crippen LogP) is 3.51. The molecular formula is C11H7ClFNO3. The van der Waals surface area contributed by atoms with Crippen LogP contribution >= 0.6 is 11.6 Å². The van der Waals surface area contributed by atoms with Crippen LogP contribution in [0.5, 0.6) is 0 Å². The van der Waals surface area contributed by atoms with Gasteiger partial charge in [-0.15, -0.1) is 0 Å². The molecule has 0 aliphatic heterocycles. The minimum atomic E-state index is -1.17. The van der Waals surface area contributed by atoms with Crippen LogP contribution < -0.4 is 5.32 Å². The van der Waals surface area contributed by atoms with Crippen molar-refractivity contribution < 1.29 is 18.7 Å². The summed E-state index contributed by atoms with van der Waals surface area (Å²) < 4.78 is 18.1. The molecule has 2 N–H and O–H groups in total. The Hall–Kier alpha value is -2.01. The van der Waals surface area contributed by atoms with Crippen LogP contribution in [-0.4, -0.2) is 11.1 Å². The van der Waals surface area contributed by atoms with Gasteiger partial charge in [-0.25, -0.2) is 9.18 Å². The van der Waals surface area contributed by atoms with Gasteiger partial charge in [-0.2, -0.15) is 0 Å². The van der Waals surface area contributed by atoms with E-state index in [1.165, 1.54) is 24.3 Å². The number of hydrogen-bond acceptors (Lipinski definition) is 3. The molecule has 6 heteroatoms. The van der Waals surface area contributed by atoms with Gasteiger partial charge in [-0.05, 0) is 24.3 Å². The Morgan fingerprint density at radius 3 is 2.71 bits per heavy atom. The largest absolute Gasteiger partial charge is 0.475 e. The van der Waals surface area contributed by atoms with Crippen LogP contribution in [0.4, 0.5) is 16.0 Å². The third-order valence-corrected chi connectivity index (χ3v) is 2.31. The van der Waals surface area contributed by atoms with Gasteiger partial charge < -0.3 is 14.8 Å². The number of carboxylic acids is 1. The third kappa shape index (κ3) is 2.57. The molecule has 2 rings (SSSR count). The Morgan fingerprint density at radius 2 is 2.12 bits per heavy atom. The quantitative estimate of drug-likeness (QED) is 0.881. The average Bonchev–Trinajstić information content (AvgIpc) is 2.72. The lowest BCUT2D eigenvalue weighted by atomic mass is 10.3. The Bertz CT molecular complexity index is 568. The van der Waals surface area contributed by atoms with Gasteiger partial charge in [0.25, 0.3) is 0 Å². The molecular weight excluding hydrogens is 249 g/mol. The van der Waals surface area contributed by atoms with Gasteiger partial charge >= 0.3 is 5.97 Å². The van der Waals surface area contributed by atoms with E-state index in [1.54, 1.807) is 6.07 Å². The van der Waals surface area contributed by atoms with Crippen LogP contribution in [-0.2, 0) is 0 Å². The molecule has 17 heavy (non-hydrogen) atoms. The molecule has 0 saturated heterocycles. The third-order valence-electron chi connectivity index (χ3n) is 2.00. The van der Waals surface area contributed by atoms with Crippen LogP contribution in [0.15, 0.2) is 34.7 Å². The second kappa shape index (κ2) is 4.47. The van der Waals surface area contributed by atoms with Gasteiger partial charge in [0.05, 0.1) is 5.02 Å². The van der Waals surface area contributed by atoms with Crippen molar-refractivity contribution in [2.45, 2.75) is 0 Å². The molecule has 0 spiro atoms. The SMILES string of the molecule is O=C(O)c1ccc(Nc2ccc(Cl)c(F)c2)o1. The Morgan fingerprint density at radius 1 is 1.35 bits per heavy atom. The maximum absolute atomic E-state index is 13.1. The van der Waals surface area contributed by atoms with E-state index in [1.807, 2.05) is 0 Å². The fourth-order valence-corrected chi connectivity index (χ4v) is 1.35. The zero-order valence-corrected chi connectivity index (χ0v) is 9.16. The maximum atomic E-state index is 13.1. The van der Waals surface area contributed by atoms with E-state index < -0.39 is 11.8 Å². The summed E-state index contributed by atoms with van der Waals surface area (Å²) in [6, 6.07) is 6.87. The zero-order valence-electron chi connectivity index (χ0n) is 8.41. The number of aromatic carboxylic acids is 1. The predicted molar refractivity (Wildman–Crippen MR) is 60.4 cm³/mol. The molecule has 0 unspecified atom stereocenters. The maximum Gasteiger partial charge on any atom is 0.371 e. The van der Waals surface area contributed by atoms with Crippen molar-refractivity contribution in [1.29, 1.82) is 0 Å². The van der Waals surface area contributed by atoms with Crippen molar-refractivity contribution in [2.75, 3.05) is 5.32 Å². The smallest absolute Gasteiger partial charge is 0.371 e. The zero-order chi connectivity index (χ0) is 12.4. The lowest BCUT2D eigenvalue weighted by Crippen LogP contribution is -1.93. The fraction of sp³-hybridized carbons (Fsp3) is 0. The Labute approximate surface area is 101 Å². The van der Waals surface area contributed by atoms with Crippen molar-refractivity contribution in [3.05, 3.63) is 46.9 Å². The van der Waals surface area contributed by atoms with Crippen molar-refractivity contribution >= 4 is 29.1 Å². The second-order valence-corrected chi connectivity index (χ2v) is 3.63. The first-order valence-corrected chi connectivity index (χ1v) is 4.99. The molecule has 0 saturated carbocycles. The second-order valence-electron chi connectivity index (χ2n) is 3.22. The van der Waals surface area contributed by atoms with E-state index in [0.29, 0.717) is 5.69 Å². The van der Waals surface area contributed by atoms with E-state index in [9.17, 15) is 9.18 Å². The van der Waals surface area contributed by atoms with E-state index in [4.69, 9.17) is 21.1 Å². The summed E-state index contributed by atoms with van der Waals surface area (Å²) in [5.41, 5.74) is 0.415. The lowest BCUT2D eigenvalue weighted by molar-refractivity contribution is 0.0663. The summed E-state index contributed by atoms with van der Waals surface area (Å²) >= 11 is 5.53. The summed E-state index contributed by atoms with van der Waals surface area (Å²) in [5, 5.41) is 11.4. The summed E-state index contributed by atoms with van der Waals surface area (Å²) in [6.45, 7) is 0. The number of furan rings is 1. The number of benzene rings is 1. The van der Waals surface area contributed by atoms with Gasteiger partial charge in [0.15, 0.2) is 5.88 Å². The molecule has 1 heterocycles. The van der Waals surface area contributed by atoms with Gasteiger partial charge in [0.1, 0.15) is 5.82 Å². The van der Waals surface area contributed by atoms with Crippen LogP contribution in [0.1, 0.15) is 10.6 Å². The van der Waals surface area contributed by atoms with Crippen LogP contribution in [0.2, 0.25) is 5.02 Å². The first kappa shape index (κ1) is 11.5. The van der Waals surface area contributed by atoms with Crippen molar-refractivity contribution in [3.63, 3.8) is 0 Å². The van der Waals surface area contributed by atoms with E-state index in [-0.39, 0.29) is 16.7 Å². The molecule has 0 aliphatic rings. The normalized spacial score (nSPS) is 10.2. The standard InChI is InChI=1S/C11H7ClFNO3/c12-7-2-1-6(5-8(7)13)14-10-4-3-9(17-10)11(15)16/h1-5,14H,(H,15,16). The van der Waals surface area contributed by atoms with Crippen LogP contribution in [0, 0.1) is 5.82 Å². The molecule has 2 aromatic rings. The number of anilines is 2. The van der Waals surface area contributed by atoms with E-state index >= 15 is 0 Å².